The van der Waals surface area contributed by atoms with Crippen LogP contribution in [0, 0.1) is 6.92 Å². The van der Waals surface area contributed by atoms with Gasteiger partial charge in [-0.25, -0.2) is 4.98 Å². The van der Waals surface area contributed by atoms with Crippen LogP contribution >= 0.6 is 0 Å². The van der Waals surface area contributed by atoms with Crippen LogP contribution in [0.2, 0.25) is 0 Å². The average Bonchev–Trinajstić information content (AvgIpc) is 2.55. The van der Waals surface area contributed by atoms with Crippen molar-refractivity contribution in [3.05, 3.63) is 53.9 Å². The van der Waals surface area contributed by atoms with Crippen LogP contribution in [0.4, 0.5) is 0 Å². The number of aromatic nitrogens is 3. The molecule has 0 bridgehead atoms. The number of hydrogen-bond acceptors (Lipinski definition) is 4. The molecule has 0 N–H and O–H groups in total. The van der Waals surface area contributed by atoms with Crippen molar-refractivity contribution in [1.82, 2.24) is 19.9 Å². The minimum atomic E-state index is -0.0209. The Hall–Kier alpha value is -2.30. The summed E-state index contributed by atoms with van der Waals surface area (Å²) in [6.07, 6.45) is 8.49. The van der Waals surface area contributed by atoms with Crippen molar-refractivity contribution in [2.45, 2.75) is 25.7 Å². The van der Waals surface area contributed by atoms with Crippen LogP contribution in [0.15, 0.2) is 36.9 Å². The molecule has 5 nitrogen and oxygen atoms in total. The van der Waals surface area contributed by atoms with Gasteiger partial charge in [0, 0.05) is 37.4 Å². The molecule has 3 rings (SSSR count). The molecule has 3 heterocycles. The molecule has 1 amide bonds. The SMILES string of the molecule is Cc1cc(C2CCN(C(=O)c3cnccn3)CC2)ccn1. The smallest absolute Gasteiger partial charge is 0.274 e. The first-order chi connectivity index (χ1) is 10.2. The summed E-state index contributed by atoms with van der Waals surface area (Å²) in [7, 11) is 0. The molecule has 0 aromatic carbocycles. The molecule has 0 unspecified atom stereocenters. The highest BCUT2D eigenvalue weighted by Crippen LogP contribution is 2.28. The summed E-state index contributed by atoms with van der Waals surface area (Å²) in [6.45, 7) is 3.54. The van der Waals surface area contributed by atoms with Crippen molar-refractivity contribution >= 4 is 5.91 Å². The molecule has 0 saturated carbocycles. The number of pyridine rings is 1. The van der Waals surface area contributed by atoms with Crippen molar-refractivity contribution in [3.8, 4) is 0 Å². The Morgan fingerprint density at radius 3 is 2.67 bits per heavy atom. The predicted octanol–water partition coefficient (Wildman–Crippen LogP) is 2.20. The van der Waals surface area contributed by atoms with E-state index in [1.54, 1.807) is 12.4 Å². The molecular formula is C16H18N4O. The fraction of sp³-hybridized carbons (Fsp3) is 0.375. The maximum atomic E-state index is 12.3. The second-order valence-corrected chi connectivity index (χ2v) is 5.39. The van der Waals surface area contributed by atoms with E-state index in [0.29, 0.717) is 11.6 Å². The number of rotatable bonds is 2. The standard InChI is InChI=1S/C16H18N4O/c1-12-10-14(2-5-18-12)13-3-8-20(9-4-13)16(21)15-11-17-6-7-19-15/h2,5-7,10-11,13H,3-4,8-9H2,1H3. The zero-order valence-electron chi connectivity index (χ0n) is 12.1. The summed E-state index contributed by atoms with van der Waals surface area (Å²) in [4.78, 5) is 26.5. The van der Waals surface area contributed by atoms with E-state index >= 15 is 0 Å². The third kappa shape index (κ3) is 3.07. The van der Waals surface area contributed by atoms with E-state index in [1.807, 2.05) is 18.0 Å². The normalized spacial score (nSPS) is 16.0. The van der Waals surface area contributed by atoms with E-state index < -0.39 is 0 Å². The largest absolute Gasteiger partial charge is 0.337 e. The Balaban J connectivity index is 1.64. The first-order valence-electron chi connectivity index (χ1n) is 7.22. The Morgan fingerprint density at radius 1 is 1.19 bits per heavy atom. The zero-order chi connectivity index (χ0) is 14.7. The van der Waals surface area contributed by atoms with Crippen LogP contribution in [0.5, 0.6) is 0 Å². The van der Waals surface area contributed by atoms with Crippen LogP contribution in [-0.2, 0) is 0 Å². The lowest BCUT2D eigenvalue weighted by Crippen LogP contribution is -2.38. The molecule has 1 saturated heterocycles. The summed E-state index contributed by atoms with van der Waals surface area (Å²) in [5.74, 6) is 0.491. The van der Waals surface area contributed by atoms with E-state index in [0.717, 1.165) is 31.6 Å². The monoisotopic (exact) mass is 282 g/mol. The van der Waals surface area contributed by atoms with Crippen LogP contribution in [0.25, 0.3) is 0 Å². The average molecular weight is 282 g/mol. The van der Waals surface area contributed by atoms with Gasteiger partial charge in [-0.15, -0.1) is 0 Å². The Bertz CT molecular complexity index is 621. The highest BCUT2D eigenvalue weighted by atomic mass is 16.2. The topological polar surface area (TPSA) is 59.0 Å². The Labute approximate surface area is 124 Å². The Morgan fingerprint density at radius 2 is 2.00 bits per heavy atom. The lowest BCUT2D eigenvalue weighted by Gasteiger charge is -2.32. The van der Waals surface area contributed by atoms with Crippen LogP contribution < -0.4 is 0 Å². The van der Waals surface area contributed by atoms with E-state index in [2.05, 4.69) is 27.1 Å². The van der Waals surface area contributed by atoms with Crippen molar-refractivity contribution in [2.75, 3.05) is 13.1 Å². The van der Waals surface area contributed by atoms with Gasteiger partial charge >= 0.3 is 0 Å². The van der Waals surface area contributed by atoms with Crippen molar-refractivity contribution in [2.24, 2.45) is 0 Å². The number of likely N-dealkylation sites (tertiary alicyclic amines) is 1. The minimum Gasteiger partial charge on any atom is -0.337 e. The molecule has 0 atom stereocenters. The van der Waals surface area contributed by atoms with Crippen LogP contribution in [0.1, 0.15) is 40.5 Å². The molecule has 0 spiro atoms. The van der Waals surface area contributed by atoms with Gasteiger partial charge in [-0.1, -0.05) is 0 Å². The quantitative estimate of drug-likeness (QED) is 0.847. The molecule has 108 valence electrons. The molecule has 1 aliphatic rings. The van der Waals surface area contributed by atoms with Crippen LogP contribution in [0.3, 0.4) is 0 Å². The van der Waals surface area contributed by atoms with E-state index in [4.69, 9.17) is 0 Å². The van der Waals surface area contributed by atoms with Gasteiger partial charge in [0.05, 0.1) is 6.20 Å². The predicted molar refractivity (Wildman–Crippen MR) is 78.9 cm³/mol. The third-order valence-corrected chi connectivity index (χ3v) is 3.96. The van der Waals surface area contributed by atoms with E-state index in [9.17, 15) is 4.79 Å². The molecule has 2 aromatic heterocycles. The highest BCUT2D eigenvalue weighted by Gasteiger charge is 2.25. The van der Waals surface area contributed by atoms with Crippen molar-refractivity contribution < 1.29 is 4.79 Å². The maximum Gasteiger partial charge on any atom is 0.274 e. The summed E-state index contributed by atoms with van der Waals surface area (Å²) in [5.41, 5.74) is 2.80. The number of amides is 1. The third-order valence-electron chi connectivity index (χ3n) is 3.96. The van der Waals surface area contributed by atoms with Gasteiger partial charge in [0.15, 0.2) is 0 Å². The Kier molecular flexibility index (Phi) is 3.90. The zero-order valence-corrected chi connectivity index (χ0v) is 12.1. The van der Waals surface area contributed by atoms with E-state index in [-0.39, 0.29) is 5.91 Å². The van der Waals surface area contributed by atoms with Gasteiger partial charge in [0.25, 0.3) is 5.91 Å². The van der Waals surface area contributed by atoms with Gasteiger partial charge in [0.1, 0.15) is 5.69 Å². The highest BCUT2D eigenvalue weighted by molar-refractivity contribution is 5.92. The van der Waals surface area contributed by atoms with Crippen molar-refractivity contribution in [1.29, 1.82) is 0 Å². The van der Waals surface area contributed by atoms with Crippen molar-refractivity contribution in [3.63, 3.8) is 0 Å². The molecule has 1 aliphatic heterocycles. The molecular weight excluding hydrogens is 264 g/mol. The fourth-order valence-electron chi connectivity index (χ4n) is 2.81. The summed E-state index contributed by atoms with van der Waals surface area (Å²) < 4.78 is 0. The molecule has 0 aliphatic carbocycles. The van der Waals surface area contributed by atoms with E-state index in [1.165, 1.54) is 11.8 Å². The first-order valence-corrected chi connectivity index (χ1v) is 7.22. The van der Waals surface area contributed by atoms with Gasteiger partial charge in [-0.05, 0) is 43.4 Å². The summed E-state index contributed by atoms with van der Waals surface area (Å²) >= 11 is 0. The number of aryl methyl sites for hydroxylation is 1. The summed E-state index contributed by atoms with van der Waals surface area (Å²) in [5, 5.41) is 0. The number of carbonyl (C=O) groups is 1. The molecule has 0 radical (unpaired) electrons. The van der Waals surface area contributed by atoms with Gasteiger partial charge in [-0.3, -0.25) is 14.8 Å². The van der Waals surface area contributed by atoms with Gasteiger partial charge in [-0.2, -0.15) is 0 Å². The fourth-order valence-corrected chi connectivity index (χ4v) is 2.81. The molecule has 1 fully saturated rings. The lowest BCUT2D eigenvalue weighted by atomic mass is 9.89. The molecule has 5 heteroatoms. The maximum absolute atomic E-state index is 12.3. The molecule has 2 aromatic rings. The second-order valence-electron chi connectivity index (χ2n) is 5.39. The first kappa shape index (κ1) is 13.7. The van der Waals surface area contributed by atoms with Crippen LogP contribution in [-0.4, -0.2) is 38.8 Å². The number of piperidine rings is 1. The number of carbonyl (C=O) groups excluding carboxylic acids is 1. The summed E-state index contributed by atoms with van der Waals surface area (Å²) in [6, 6.07) is 4.22. The second kappa shape index (κ2) is 5.99. The number of hydrogen-bond donors (Lipinski definition) is 0. The minimum absolute atomic E-state index is 0.0209. The van der Waals surface area contributed by atoms with Gasteiger partial charge < -0.3 is 4.90 Å². The lowest BCUT2D eigenvalue weighted by molar-refractivity contribution is 0.0706. The van der Waals surface area contributed by atoms with Gasteiger partial charge in [0.2, 0.25) is 0 Å². The molecule has 21 heavy (non-hydrogen) atoms. The number of nitrogens with zero attached hydrogens (tertiary/aromatic N) is 4.